The van der Waals surface area contributed by atoms with Crippen LogP contribution >= 0.6 is 12.4 Å². The minimum atomic E-state index is 0. The van der Waals surface area contributed by atoms with Crippen molar-refractivity contribution in [2.45, 2.75) is 6.42 Å². The zero-order valence-corrected chi connectivity index (χ0v) is 7.12. The zero-order valence-electron chi connectivity index (χ0n) is 4.85. The fourth-order valence-corrected chi connectivity index (χ4v) is 0.973. The normalized spacial score (nSPS) is 15.6. The van der Waals surface area contributed by atoms with Crippen LogP contribution in [0.3, 0.4) is 0 Å². The molecule has 0 fully saturated rings. The first-order chi connectivity index (χ1) is 2.89. The molecule has 2 heteroatoms. The van der Waals surface area contributed by atoms with Crippen molar-refractivity contribution < 1.29 is 26.1 Å². The number of allylic oxidation sites excluding steroid dienone is 4. The summed E-state index contributed by atoms with van der Waals surface area (Å²) in [6.45, 7) is 0. The molecule has 0 aromatic carbocycles. The van der Waals surface area contributed by atoms with Gasteiger partial charge in [0.1, 0.15) is 0 Å². The molecule has 0 heterocycles. The second-order valence-electron chi connectivity index (χ2n) is 1.32. The van der Waals surface area contributed by atoms with Gasteiger partial charge in [0.15, 0.2) is 0 Å². The monoisotopic (exact) mass is 192 g/mol. The first-order valence-electron chi connectivity index (χ1n) is 1.97. The average molecular weight is 194 g/mol. The summed E-state index contributed by atoms with van der Waals surface area (Å²) in [6, 6.07) is 0. The number of hydrogen-bond acceptors (Lipinski definition) is 0. The van der Waals surface area contributed by atoms with Crippen LogP contribution in [-0.2, 0) is 24.7 Å². The Morgan fingerprint density at radius 1 is 1.71 bits per heavy atom. The molecule has 0 nitrogen and oxygen atoms in total. The van der Waals surface area contributed by atoms with Gasteiger partial charge in [-0.25, -0.2) is 0 Å². The summed E-state index contributed by atoms with van der Waals surface area (Å²) >= 11 is 1.56. The fraction of sp³-hybridized carbons (Fsp3) is 0.200. The molecule has 0 amide bonds. The van der Waals surface area contributed by atoms with Crippen molar-refractivity contribution in [2.75, 3.05) is 0 Å². The molecule has 1 rings (SSSR count). The summed E-state index contributed by atoms with van der Waals surface area (Å²) in [7, 11) is 0. The van der Waals surface area contributed by atoms with Crippen LogP contribution in [0.5, 0.6) is 0 Å². The second-order valence-corrected chi connectivity index (χ2v) is 2.90. The van der Waals surface area contributed by atoms with Crippen LogP contribution in [-0.4, -0.2) is 0 Å². The van der Waals surface area contributed by atoms with Gasteiger partial charge in [0.25, 0.3) is 0 Å². The molecule has 0 radical (unpaired) electrons. The van der Waals surface area contributed by atoms with E-state index in [1.807, 2.05) is 0 Å². The van der Waals surface area contributed by atoms with E-state index in [9.17, 15) is 0 Å². The molecule has 1 aliphatic rings. The molecular weight excluding hydrogens is 187 g/mol. The van der Waals surface area contributed by atoms with Gasteiger partial charge in [0.2, 0.25) is 0 Å². The average Bonchev–Trinajstić information content (AvgIpc) is 1.86. The summed E-state index contributed by atoms with van der Waals surface area (Å²) in [5, 5.41) is 0. The van der Waals surface area contributed by atoms with Gasteiger partial charge in [-0.15, -0.1) is 12.4 Å². The summed E-state index contributed by atoms with van der Waals surface area (Å²) < 4.78 is 1.56. The fourth-order valence-electron chi connectivity index (χ4n) is 0.447. The molecule has 0 atom stereocenters. The predicted octanol–water partition coefficient (Wildman–Crippen LogP) is 1.91. The van der Waals surface area contributed by atoms with Crippen molar-refractivity contribution in [3.05, 3.63) is 21.5 Å². The summed E-state index contributed by atoms with van der Waals surface area (Å²) in [4.78, 5) is 0. The van der Waals surface area contributed by atoms with E-state index in [2.05, 4.69) is 18.2 Å². The first kappa shape index (κ1) is 7.65. The van der Waals surface area contributed by atoms with Crippen LogP contribution in [0.15, 0.2) is 21.5 Å². The molecule has 0 saturated heterocycles. The van der Waals surface area contributed by atoms with Crippen LogP contribution in [0.2, 0.25) is 0 Å². The number of rotatable bonds is 0. The molecule has 0 bridgehead atoms. The summed E-state index contributed by atoms with van der Waals surface area (Å²) in [5.74, 6) is 0. The Hall–Kier alpha value is 0.653. The Labute approximate surface area is 66.4 Å². The zero-order chi connectivity index (χ0) is 4.41. The Kier molecular flexibility index (Phi) is 3.97. The molecule has 39 valence electrons. The van der Waals surface area contributed by atoms with Gasteiger partial charge in [-0.3, -0.25) is 0 Å². The second kappa shape index (κ2) is 3.63. The minimum absolute atomic E-state index is 0. The van der Waals surface area contributed by atoms with Crippen LogP contribution in [0.1, 0.15) is 7.85 Å². The maximum atomic E-state index is 2.18. The van der Waals surface area contributed by atoms with Crippen molar-refractivity contribution in [2.24, 2.45) is 0 Å². The molecular formula is C5H7ClZr-. The molecule has 7 heavy (non-hydrogen) atoms. The van der Waals surface area contributed by atoms with E-state index >= 15 is 0 Å². The molecule has 0 aromatic rings. The van der Waals surface area contributed by atoms with E-state index in [1.165, 1.54) is 6.42 Å². The van der Waals surface area contributed by atoms with Crippen molar-refractivity contribution >= 4 is 12.4 Å². The molecule has 0 unspecified atom stereocenters. The maximum absolute atomic E-state index is 2.18. The number of halogens is 1. The third-order valence-corrected chi connectivity index (χ3v) is 1.68. The van der Waals surface area contributed by atoms with Gasteiger partial charge in [-0.1, -0.05) is 0 Å². The van der Waals surface area contributed by atoms with Gasteiger partial charge in [-0.2, -0.15) is 0 Å². The molecule has 0 aromatic heterocycles. The summed E-state index contributed by atoms with van der Waals surface area (Å²) in [5.41, 5.74) is 0. The van der Waals surface area contributed by atoms with E-state index < -0.39 is 0 Å². The topological polar surface area (TPSA) is 0 Å². The van der Waals surface area contributed by atoms with Gasteiger partial charge >= 0.3 is 52.6 Å². The van der Waals surface area contributed by atoms with Gasteiger partial charge in [0.05, 0.1) is 0 Å². The van der Waals surface area contributed by atoms with Crippen LogP contribution in [0.4, 0.5) is 0 Å². The Morgan fingerprint density at radius 3 is 2.57 bits per heavy atom. The van der Waals surface area contributed by atoms with Crippen LogP contribution in [0, 0.1) is 0 Å². The Morgan fingerprint density at radius 2 is 2.43 bits per heavy atom. The van der Waals surface area contributed by atoms with Crippen molar-refractivity contribution in [3.63, 3.8) is 0 Å². The third kappa shape index (κ3) is 2.46. The van der Waals surface area contributed by atoms with E-state index in [4.69, 9.17) is 0 Å². The molecule has 0 spiro atoms. The molecule has 0 aliphatic heterocycles. The predicted molar refractivity (Wildman–Crippen MR) is 30.2 cm³/mol. The molecule has 0 saturated carbocycles. The van der Waals surface area contributed by atoms with E-state index in [1.54, 1.807) is 28.0 Å². The van der Waals surface area contributed by atoms with Crippen molar-refractivity contribution in [3.8, 4) is 0 Å². The Balaban J connectivity index is 0. The van der Waals surface area contributed by atoms with Crippen molar-refractivity contribution in [1.29, 1.82) is 0 Å². The van der Waals surface area contributed by atoms with Gasteiger partial charge < -0.3 is 1.43 Å². The van der Waals surface area contributed by atoms with Crippen LogP contribution < -0.4 is 0 Å². The van der Waals surface area contributed by atoms with E-state index in [0.29, 0.717) is 0 Å². The molecule has 1 aliphatic carbocycles. The van der Waals surface area contributed by atoms with Gasteiger partial charge in [-0.05, 0) is 0 Å². The number of hydrogen-bond donors (Lipinski definition) is 0. The third-order valence-electron chi connectivity index (χ3n) is 0.771. The Bertz CT molecular complexity index is 109. The molecule has 0 N–H and O–H groups in total. The summed E-state index contributed by atoms with van der Waals surface area (Å²) in [6.07, 6.45) is 7.69. The quantitative estimate of drug-likeness (QED) is 0.552. The SMILES string of the molecule is Cl.[H-].[Zr][C]1=CC=CC1. The van der Waals surface area contributed by atoms with Crippen molar-refractivity contribution in [1.82, 2.24) is 0 Å². The van der Waals surface area contributed by atoms with Gasteiger partial charge in [0, 0.05) is 0 Å². The van der Waals surface area contributed by atoms with E-state index in [0.717, 1.165) is 0 Å². The van der Waals surface area contributed by atoms with E-state index in [-0.39, 0.29) is 13.8 Å². The van der Waals surface area contributed by atoms with Crippen LogP contribution in [0.25, 0.3) is 0 Å². The standard InChI is InChI=1S/C5H5.ClH.Zr.H/c1-2-4-5-3-1;;;/h1-3H,4H2;1H;;/q;;;-1. The first-order valence-corrected chi connectivity index (χ1v) is 3.20.